The molecule has 154 valence electrons. The maximum absolute atomic E-state index is 12.4. The van der Waals surface area contributed by atoms with Gasteiger partial charge in [0.05, 0.1) is 25.0 Å². The van der Waals surface area contributed by atoms with Crippen LogP contribution in [0.5, 0.6) is 11.5 Å². The Balaban J connectivity index is 2.01. The third-order valence-electron chi connectivity index (χ3n) is 4.16. The normalized spacial score (nSPS) is 10.8. The van der Waals surface area contributed by atoms with E-state index in [1.54, 1.807) is 32.9 Å². The monoisotopic (exact) mass is 401 g/mol. The molecule has 0 saturated carbocycles. The Morgan fingerprint density at radius 2 is 1.90 bits per heavy atom. The van der Waals surface area contributed by atoms with Crippen molar-refractivity contribution in [2.24, 2.45) is 0 Å². The van der Waals surface area contributed by atoms with Gasteiger partial charge < -0.3 is 24.3 Å². The number of esters is 2. The van der Waals surface area contributed by atoms with Gasteiger partial charge in [0.25, 0.3) is 0 Å². The van der Waals surface area contributed by atoms with E-state index in [1.165, 1.54) is 19.3 Å². The summed E-state index contributed by atoms with van der Waals surface area (Å²) in [5.74, 6) is -1.43. The lowest BCUT2D eigenvalue weighted by atomic mass is 10.1. The van der Waals surface area contributed by atoms with Crippen LogP contribution in [0.3, 0.4) is 0 Å². The van der Waals surface area contributed by atoms with Gasteiger partial charge in [0.15, 0.2) is 18.1 Å². The summed E-state index contributed by atoms with van der Waals surface area (Å²) < 4.78 is 15.0. The molecule has 0 spiro atoms. The van der Waals surface area contributed by atoms with E-state index in [0.717, 1.165) is 6.08 Å². The van der Waals surface area contributed by atoms with Crippen LogP contribution in [0.15, 0.2) is 24.3 Å². The summed E-state index contributed by atoms with van der Waals surface area (Å²) in [6, 6.07) is 4.58. The number of aryl methyl sites for hydroxylation is 1. The number of hydrogen-bond donors (Lipinski definition) is 2. The first-order valence-corrected chi connectivity index (χ1v) is 8.89. The number of aromatic hydroxyl groups is 1. The van der Waals surface area contributed by atoms with Gasteiger partial charge in [-0.25, -0.2) is 9.59 Å². The third-order valence-corrected chi connectivity index (χ3v) is 4.16. The van der Waals surface area contributed by atoms with Crippen LogP contribution < -0.4 is 4.74 Å². The predicted octanol–water partition coefficient (Wildman–Crippen LogP) is 2.96. The number of Topliss-reactive ketones (excluding diaryl/α,β-unsaturated/α-hetero) is 1. The maximum Gasteiger partial charge on any atom is 0.340 e. The second kappa shape index (κ2) is 9.59. The quantitative estimate of drug-likeness (QED) is 0.397. The van der Waals surface area contributed by atoms with Crippen molar-refractivity contribution in [3.63, 3.8) is 0 Å². The number of methoxy groups -OCH3 is 1. The average Bonchev–Trinajstić information content (AvgIpc) is 2.99. The summed E-state index contributed by atoms with van der Waals surface area (Å²) in [5, 5.41) is 9.56. The Morgan fingerprint density at radius 1 is 1.17 bits per heavy atom. The summed E-state index contributed by atoms with van der Waals surface area (Å²) in [7, 11) is 1.42. The fraction of sp³-hybridized carbons (Fsp3) is 0.286. The SMILES string of the molecule is CCOC(=O)c1c(C)[nH]c(C(=O)COC(=O)/C=C/c2ccc(O)c(OC)c2)c1C. The first-order valence-electron chi connectivity index (χ1n) is 8.89. The largest absolute Gasteiger partial charge is 0.504 e. The number of aromatic nitrogens is 1. The molecule has 2 rings (SSSR count). The van der Waals surface area contributed by atoms with Crippen LogP contribution in [0.1, 0.15) is 44.6 Å². The molecule has 0 unspecified atom stereocenters. The van der Waals surface area contributed by atoms with Crippen LogP contribution in [0, 0.1) is 13.8 Å². The molecule has 0 atom stereocenters. The molecular weight excluding hydrogens is 378 g/mol. The van der Waals surface area contributed by atoms with Crippen molar-refractivity contribution in [2.75, 3.05) is 20.3 Å². The van der Waals surface area contributed by atoms with Crippen LogP contribution in [0.25, 0.3) is 6.08 Å². The highest BCUT2D eigenvalue weighted by Gasteiger charge is 2.23. The van der Waals surface area contributed by atoms with E-state index in [2.05, 4.69) is 4.98 Å². The van der Waals surface area contributed by atoms with Gasteiger partial charge in [0, 0.05) is 11.8 Å². The van der Waals surface area contributed by atoms with E-state index >= 15 is 0 Å². The summed E-state index contributed by atoms with van der Waals surface area (Å²) in [6.45, 7) is 4.73. The number of rotatable bonds is 8. The van der Waals surface area contributed by atoms with Gasteiger partial charge in [0.1, 0.15) is 0 Å². The van der Waals surface area contributed by atoms with Crippen LogP contribution in [0.2, 0.25) is 0 Å². The van der Waals surface area contributed by atoms with E-state index in [1.807, 2.05) is 0 Å². The molecule has 8 heteroatoms. The van der Waals surface area contributed by atoms with Crippen molar-refractivity contribution < 1.29 is 33.7 Å². The predicted molar refractivity (Wildman–Crippen MR) is 105 cm³/mol. The van der Waals surface area contributed by atoms with Crippen molar-refractivity contribution in [3.05, 3.63) is 52.4 Å². The molecule has 2 N–H and O–H groups in total. The number of carbonyl (C=O) groups excluding carboxylic acids is 3. The highest BCUT2D eigenvalue weighted by Crippen LogP contribution is 2.26. The van der Waals surface area contributed by atoms with Crippen LogP contribution in [-0.2, 0) is 14.3 Å². The molecule has 0 bridgehead atoms. The molecule has 8 nitrogen and oxygen atoms in total. The molecule has 2 aromatic rings. The van der Waals surface area contributed by atoms with Gasteiger partial charge in [-0.05, 0) is 50.1 Å². The first kappa shape index (κ1) is 21.7. The number of ketones is 1. The average molecular weight is 401 g/mol. The summed E-state index contributed by atoms with van der Waals surface area (Å²) in [6.07, 6.45) is 2.63. The lowest BCUT2D eigenvalue weighted by molar-refractivity contribution is -0.136. The van der Waals surface area contributed by atoms with Crippen LogP contribution in [-0.4, -0.2) is 48.1 Å². The molecule has 1 heterocycles. The van der Waals surface area contributed by atoms with Crippen molar-refractivity contribution in [2.45, 2.75) is 20.8 Å². The Bertz CT molecular complexity index is 956. The van der Waals surface area contributed by atoms with Crippen molar-refractivity contribution in [3.8, 4) is 11.5 Å². The third kappa shape index (κ3) is 5.25. The van der Waals surface area contributed by atoms with Gasteiger partial charge >= 0.3 is 11.9 Å². The number of phenols is 1. The lowest BCUT2D eigenvalue weighted by Gasteiger charge is -2.04. The number of benzene rings is 1. The number of aromatic amines is 1. The number of phenolic OH excluding ortho intramolecular Hbond substituents is 1. The fourth-order valence-electron chi connectivity index (χ4n) is 2.76. The Hall–Kier alpha value is -3.55. The molecule has 0 aliphatic carbocycles. The minimum absolute atomic E-state index is 0.0170. The van der Waals surface area contributed by atoms with Gasteiger partial charge in [0.2, 0.25) is 5.78 Å². The Morgan fingerprint density at radius 3 is 2.55 bits per heavy atom. The summed E-state index contributed by atoms with van der Waals surface area (Å²) in [4.78, 5) is 39.1. The molecule has 0 radical (unpaired) electrons. The number of nitrogens with one attached hydrogen (secondary N) is 1. The fourth-order valence-corrected chi connectivity index (χ4v) is 2.76. The molecular formula is C21H23NO7. The standard InChI is InChI=1S/C21H23NO7/c1-5-28-21(26)19-12(2)20(22-13(19)3)16(24)11-29-18(25)9-7-14-6-8-15(23)17(10-14)27-4/h6-10,22-23H,5,11H2,1-4H3/b9-7+. The number of hydrogen-bond acceptors (Lipinski definition) is 7. The van der Waals surface area contributed by atoms with Gasteiger partial charge in [-0.15, -0.1) is 0 Å². The van der Waals surface area contributed by atoms with E-state index in [4.69, 9.17) is 14.2 Å². The molecule has 0 fully saturated rings. The first-order chi connectivity index (χ1) is 13.8. The van der Waals surface area contributed by atoms with Gasteiger partial charge in [-0.1, -0.05) is 6.07 Å². The van der Waals surface area contributed by atoms with Gasteiger partial charge in [-0.3, -0.25) is 4.79 Å². The Labute approximate surface area is 168 Å². The summed E-state index contributed by atoms with van der Waals surface area (Å²) >= 11 is 0. The van der Waals surface area contributed by atoms with Crippen molar-refractivity contribution >= 4 is 23.8 Å². The van der Waals surface area contributed by atoms with Gasteiger partial charge in [-0.2, -0.15) is 0 Å². The number of H-pyrrole nitrogens is 1. The highest BCUT2D eigenvalue weighted by atomic mass is 16.5. The minimum atomic E-state index is -0.711. The Kier molecular flexibility index (Phi) is 7.19. The number of ether oxygens (including phenoxy) is 3. The second-order valence-corrected chi connectivity index (χ2v) is 6.14. The lowest BCUT2D eigenvalue weighted by Crippen LogP contribution is -2.14. The molecule has 1 aromatic carbocycles. The highest BCUT2D eigenvalue weighted by molar-refractivity contribution is 6.03. The van der Waals surface area contributed by atoms with E-state index < -0.39 is 24.3 Å². The maximum atomic E-state index is 12.4. The second-order valence-electron chi connectivity index (χ2n) is 6.14. The smallest absolute Gasteiger partial charge is 0.340 e. The van der Waals surface area contributed by atoms with Crippen molar-refractivity contribution in [1.29, 1.82) is 0 Å². The molecule has 29 heavy (non-hydrogen) atoms. The number of carbonyl (C=O) groups is 3. The van der Waals surface area contributed by atoms with E-state index in [-0.39, 0.29) is 23.8 Å². The van der Waals surface area contributed by atoms with E-state index in [9.17, 15) is 19.5 Å². The zero-order valence-corrected chi connectivity index (χ0v) is 16.7. The van der Waals surface area contributed by atoms with E-state index in [0.29, 0.717) is 22.4 Å². The zero-order chi connectivity index (χ0) is 21.6. The van der Waals surface area contributed by atoms with Crippen LogP contribution in [0.4, 0.5) is 0 Å². The summed E-state index contributed by atoms with van der Waals surface area (Å²) in [5.41, 5.74) is 2.08. The zero-order valence-electron chi connectivity index (χ0n) is 16.7. The van der Waals surface area contributed by atoms with Crippen molar-refractivity contribution in [1.82, 2.24) is 4.98 Å². The molecule has 0 saturated heterocycles. The minimum Gasteiger partial charge on any atom is -0.504 e. The molecule has 0 amide bonds. The molecule has 1 aromatic heterocycles. The van der Waals surface area contributed by atoms with Crippen LogP contribution >= 0.6 is 0 Å². The molecule has 0 aliphatic heterocycles. The molecule has 0 aliphatic rings. The topological polar surface area (TPSA) is 115 Å².